The molecule has 0 N–H and O–H groups in total. The molecular weight excluding hydrogens is 727 g/mol. The Bertz CT molecular complexity index is 3520. The highest BCUT2D eigenvalue weighted by Gasteiger charge is 2.17. The average Bonchev–Trinajstić information content (AvgIpc) is 3.98. The van der Waals surface area contributed by atoms with Crippen molar-refractivity contribution in [3.63, 3.8) is 0 Å². The summed E-state index contributed by atoms with van der Waals surface area (Å²) < 4.78 is 15.2. The predicted octanol–water partition coefficient (Wildman–Crippen LogP) is 16.3. The summed E-state index contributed by atoms with van der Waals surface area (Å²) in [6, 6.07) is 71.6. The summed E-state index contributed by atoms with van der Waals surface area (Å²) in [5, 5.41) is 7.13. The molecule has 0 amide bonds. The predicted molar refractivity (Wildman–Crippen MR) is 245 cm³/mol. The zero-order chi connectivity index (χ0) is 38.2. The van der Waals surface area contributed by atoms with Crippen molar-refractivity contribution in [2.45, 2.75) is 0 Å². The van der Waals surface area contributed by atoms with Crippen molar-refractivity contribution >= 4 is 92.4 Å². The molecule has 58 heavy (non-hydrogen) atoms. The third kappa shape index (κ3) is 5.34. The molecule has 0 aliphatic rings. The van der Waals surface area contributed by atoms with E-state index >= 15 is 0 Å². The van der Waals surface area contributed by atoms with Crippen molar-refractivity contribution in [3.8, 4) is 33.4 Å². The molecule has 4 heteroatoms. The molecule has 0 fully saturated rings. The van der Waals surface area contributed by atoms with Gasteiger partial charge in [0, 0.05) is 64.3 Å². The minimum absolute atomic E-state index is 0.902. The van der Waals surface area contributed by atoms with Crippen LogP contribution < -0.4 is 4.90 Å². The van der Waals surface area contributed by atoms with Crippen molar-refractivity contribution in [2.24, 2.45) is 0 Å². The van der Waals surface area contributed by atoms with E-state index in [0.717, 1.165) is 83.2 Å². The van der Waals surface area contributed by atoms with Gasteiger partial charge in [-0.25, -0.2) is 0 Å². The Kier molecular flexibility index (Phi) is 7.40. The van der Waals surface area contributed by atoms with Crippen LogP contribution in [0.3, 0.4) is 0 Å². The van der Waals surface area contributed by atoms with E-state index in [2.05, 4.69) is 181 Å². The van der Waals surface area contributed by atoms with E-state index in [9.17, 15) is 0 Å². The van der Waals surface area contributed by atoms with Gasteiger partial charge in [0.1, 0.15) is 22.3 Å². The molecule has 3 heterocycles. The summed E-state index contributed by atoms with van der Waals surface area (Å²) in [5.74, 6) is 0. The van der Waals surface area contributed by atoms with Crippen LogP contribution >= 0.6 is 11.3 Å². The minimum Gasteiger partial charge on any atom is -0.456 e. The van der Waals surface area contributed by atoms with Crippen molar-refractivity contribution in [3.05, 3.63) is 200 Å². The number of furan rings is 2. The van der Waals surface area contributed by atoms with E-state index in [1.807, 2.05) is 35.6 Å². The van der Waals surface area contributed by atoms with Crippen LogP contribution in [0.5, 0.6) is 0 Å². The minimum atomic E-state index is 0.902. The Balaban J connectivity index is 0.962. The summed E-state index contributed by atoms with van der Waals surface area (Å²) in [5.41, 5.74) is 13.7. The second-order valence-corrected chi connectivity index (χ2v) is 16.0. The van der Waals surface area contributed by atoms with E-state index in [0.29, 0.717) is 0 Å². The maximum Gasteiger partial charge on any atom is 0.143 e. The zero-order valence-corrected chi connectivity index (χ0v) is 32.0. The van der Waals surface area contributed by atoms with E-state index < -0.39 is 0 Å². The van der Waals surface area contributed by atoms with Crippen LogP contribution in [0.4, 0.5) is 17.1 Å². The second-order valence-electron chi connectivity index (χ2n) is 14.9. The lowest BCUT2D eigenvalue weighted by Gasteiger charge is -2.26. The monoisotopic (exact) mass is 759 g/mol. The van der Waals surface area contributed by atoms with Gasteiger partial charge in [-0.2, -0.15) is 0 Å². The number of para-hydroxylation sites is 3. The summed E-state index contributed by atoms with van der Waals surface area (Å²) in [7, 11) is 0. The Morgan fingerprint density at radius 3 is 1.67 bits per heavy atom. The smallest absolute Gasteiger partial charge is 0.143 e. The van der Waals surface area contributed by atoms with Gasteiger partial charge in [0.05, 0.1) is 0 Å². The van der Waals surface area contributed by atoms with E-state index in [-0.39, 0.29) is 0 Å². The van der Waals surface area contributed by atoms with Gasteiger partial charge in [0.15, 0.2) is 0 Å². The number of thiophene rings is 1. The maximum atomic E-state index is 6.43. The van der Waals surface area contributed by atoms with Gasteiger partial charge in [-0.05, 0) is 107 Å². The molecule has 12 rings (SSSR count). The molecule has 9 aromatic carbocycles. The van der Waals surface area contributed by atoms with Crippen LogP contribution in [-0.2, 0) is 0 Å². The van der Waals surface area contributed by atoms with Crippen LogP contribution in [0.2, 0.25) is 0 Å². The lowest BCUT2D eigenvalue weighted by molar-refractivity contribution is 0.669. The highest BCUT2D eigenvalue weighted by molar-refractivity contribution is 7.25. The standard InChI is InChI=1S/C54H33NO2S/c1-5-17-50-43(11-1)46-15-8-14-42(54(46)57-50)35-21-27-40(28-22-35)55(39-25-19-34(20-26-39)37-23-29-51-47(32-37)44-12-2-4-16-49(44)56-51)41-10-7-9-36(31-41)38-24-30-53-48(33-38)45-13-3-6-18-52(45)58-53/h1-33H. The van der Waals surface area contributed by atoms with Crippen molar-refractivity contribution in [2.75, 3.05) is 4.90 Å². The molecular formula is C54H33NO2S. The van der Waals surface area contributed by atoms with Crippen molar-refractivity contribution in [1.82, 2.24) is 0 Å². The molecule has 272 valence electrons. The molecule has 3 aromatic heterocycles. The van der Waals surface area contributed by atoms with Crippen LogP contribution in [0.25, 0.3) is 97.4 Å². The molecule has 0 saturated heterocycles. The molecule has 0 aliphatic heterocycles. The van der Waals surface area contributed by atoms with Crippen LogP contribution in [-0.4, -0.2) is 0 Å². The van der Waals surface area contributed by atoms with Crippen LogP contribution in [0.1, 0.15) is 0 Å². The highest BCUT2D eigenvalue weighted by Crippen LogP contribution is 2.42. The van der Waals surface area contributed by atoms with Crippen LogP contribution in [0.15, 0.2) is 209 Å². The highest BCUT2D eigenvalue weighted by atomic mass is 32.1. The lowest BCUT2D eigenvalue weighted by atomic mass is 10.00. The van der Waals surface area contributed by atoms with E-state index in [4.69, 9.17) is 8.83 Å². The average molecular weight is 760 g/mol. The SMILES string of the molecule is c1cc(-c2ccc3sc4ccccc4c3c2)cc(N(c2ccc(-c3ccc4oc5ccccc5c4c3)cc2)c2ccc(-c3cccc4c3oc3ccccc34)cc2)c1. The molecule has 0 unspecified atom stereocenters. The van der Waals surface area contributed by atoms with E-state index in [1.54, 1.807) is 0 Å². The molecule has 0 bridgehead atoms. The van der Waals surface area contributed by atoms with Gasteiger partial charge in [-0.15, -0.1) is 11.3 Å². The topological polar surface area (TPSA) is 29.5 Å². The van der Waals surface area contributed by atoms with Crippen molar-refractivity contribution < 1.29 is 8.83 Å². The fourth-order valence-electron chi connectivity index (χ4n) is 8.65. The first-order valence-electron chi connectivity index (χ1n) is 19.6. The summed E-state index contributed by atoms with van der Waals surface area (Å²) >= 11 is 1.85. The number of benzene rings is 9. The summed E-state index contributed by atoms with van der Waals surface area (Å²) in [4.78, 5) is 2.35. The molecule has 0 atom stereocenters. The largest absolute Gasteiger partial charge is 0.456 e. The van der Waals surface area contributed by atoms with E-state index in [1.165, 1.54) is 31.3 Å². The zero-order valence-electron chi connectivity index (χ0n) is 31.2. The van der Waals surface area contributed by atoms with Crippen LogP contribution in [0, 0.1) is 0 Å². The Morgan fingerprint density at radius 2 is 0.862 bits per heavy atom. The Labute approximate surface area is 338 Å². The number of hydrogen-bond acceptors (Lipinski definition) is 4. The van der Waals surface area contributed by atoms with Gasteiger partial charge >= 0.3 is 0 Å². The maximum absolute atomic E-state index is 6.43. The fraction of sp³-hybridized carbons (Fsp3) is 0. The first kappa shape index (κ1) is 32.8. The molecule has 3 nitrogen and oxygen atoms in total. The van der Waals surface area contributed by atoms with Gasteiger partial charge in [0.2, 0.25) is 0 Å². The van der Waals surface area contributed by atoms with Crippen molar-refractivity contribution in [1.29, 1.82) is 0 Å². The third-order valence-corrected chi connectivity index (χ3v) is 12.6. The number of anilines is 3. The molecule has 0 radical (unpaired) electrons. The molecule has 0 aliphatic carbocycles. The van der Waals surface area contributed by atoms with Gasteiger partial charge in [-0.3, -0.25) is 0 Å². The quantitative estimate of drug-likeness (QED) is 0.169. The second kappa shape index (κ2) is 13.1. The fourth-order valence-corrected chi connectivity index (χ4v) is 9.74. The normalized spacial score (nSPS) is 11.8. The molecule has 0 spiro atoms. The van der Waals surface area contributed by atoms with Gasteiger partial charge in [0.25, 0.3) is 0 Å². The Morgan fingerprint density at radius 1 is 0.310 bits per heavy atom. The number of fused-ring (bicyclic) bond motifs is 9. The van der Waals surface area contributed by atoms with Gasteiger partial charge < -0.3 is 13.7 Å². The molecule has 0 saturated carbocycles. The number of rotatable bonds is 6. The molecule has 12 aromatic rings. The summed E-state index contributed by atoms with van der Waals surface area (Å²) in [6.07, 6.45) is 0. The third-order valence-electron chi connectivity index (χ3n) is 11.5. The lowest BCUT2D eigenvalue weighted by Crippen LogP contribution is -2.10. The van der Waals surface area contributed by atoms with Gasteiger partial charge in [-0.1, -0.05) is 121 Å². The first-order chi connectivity index (χ1) is 28.7. The number of hydrogen-bond donors (Lipinski definition) is 0. The first-order valence-corrected chi connectivity index (χ1v) is 20.4. The number of nitrogens with zero attached hydrogens (tertiary/aromatic N) is 1. The summed E-state index contributed by atoms with van der Waals surface area (Å²) in [6.45, 7) is 0. The Hall–Kier alpha value is -7.40.